The van der Waals surface area contributed by atoms with Crippen LogP contribution in [-0.2, 0) is 4.74 Å². The Bertz CT molecular complexity index is 140. The summed E-state index contributed by atoms with van der Waals surface area (Å²) in [4.78, 5) is 0. The van der Waals surface area contributed by atoms with Crippen molar-refractivity contribution in [3.63, 3.8) is 0 Å². The molecule has 0 saturated carbocycles. The highest BCUT2D eigenvalue weighted by Crippen LogP contribution is 2.16. The molecule has 1 aliphatic rings. The van der Waals surface area contributed by atoms with Crippen molar-refractivity contribution >= 4 is 0 Å². The van der Waals surface area contributed by atoms with Crippen LogP contribution >= 0.6 is 0 Å². The molecule has 58 valence electrons. The normalized spacial score (nSPS) is 20.6. The lowest BCUT2D eigenvalue weighted by Crippen LogP contribution is -2.28. The summed E-state index contributed by atoms with van der Waals surface area (Å²) in [5.41, 5.74) is 5.83. The van der Waals surface area contributed by atoms with Gasteiger partial charge in [-0.25, -0.2) is 0 Å². The molecule has 0 aromatic heterocycles. The van der Waals surface area contributed by atoms with Gasteiger partial charge in [0, 0.05) is 6.42 Å². The molecule has 1 atom stereocenters. The Morgan fingerprint density at radius 1 is 1.60 bits per heavy atom. The molecule has 1 heterocycles. The van der Waals surface area contributed by atoms with Gasteiger partial charge in [-0.1, -0.05) is 13.8 Å². The minimum atomic E-state index is 0.0995. The van der Waals surface area contributed by atoms with Crippen LogP contribution in [0, 0.1) is 5.92 Å². The summed E-state index contributed by atoms with van der Waals surface area (Å²) in [7, 11) is 0. The highest BCUT2D eigenvalue weighted by molar-refractivity contribution is 5.06. The topological polar surface area (TPSA) is 35.2 Å². The van der Waals surface area contributed by atoms with E-state index < -0.39 is 0 Å². The molecule has 0 aromatic rings. The second-order valence-electron chi connectivity index (χ2n) is 3.01. The van der Waals surface area contributed by atoms with Gasteiger partial charge >= 0.3 is 0 Å². The quantitative estimate of drug-likeness (QED) is 0.628. The summed E-state index contributed by atoms with van der Waals surface area (Å²) in [5.74, 6) is 1.46. The lowest BCUT2D eigenvalue weighted by atomic mass is 10.0. The van der Waals surface area contributed by atoms with Crippen LogP contribution in [0.3, 0.4) is 0 Å². The average molecular weight is 141 g/mol. The third kappa shape index (κ3) is 1.51. The van der Waals surface area contributed by atoms with Gasteiger partial charge < -0.3 is 10.5 Å². The van der Waals surface area contributed by atoms with Crippen molar-refractivity contribution in [3.8, 4) is 0 Å². The van der Waals surface area contributed by atoms with E-state index in [-0.39, 0.29) is 6.04 Å². The molecule has 0 aromatic carbocycles. The smallest absolute Gasteiger partial charge is 0.109 e. The first-order chi connectivity index (χ1) is 4.72. The van der Waals surface area contributed by atoms with E-state index in [9.17, 15) is 0 Å². The molecule has 0 spiro atoms. The number of hydrogen-bond acceptors (Lipinski definition) is 2. The molecule has 1 aliphatic heterocycles. The Balaban J connectivity index is 2.47. The number of rotatable bonds is 2. The van der Waals surface area contributed by atoms with Crippen molar-refractivity contribution in [1.29, 1.82) is 0 Å². The van der Waals surface area contributed by atoms with Crippen LogP contribution < -0.4 is 5.73 Å². The Morgan fingerprint density at radius 3 is 2.70 bits per heavy atom. The van der Waals surface area contributed by atoms with E-state index in [0.29, 0.717) is 5.92 Å². The zero-order valence-electron chi connectivity index (χ0n) is 6.63. The maximum atomic E-state index is 5.83. The monoisotopic (exact) mass is 141 g/mol. The molecule has 0 radical (unpaired) electrons. The molecule has 2 heteroatoms. The molecule has 10 heavy (non-hydrogen) atoms. The Kier molecular flexibility index (Phi) is 2.33. The molecule has 0 saturated heterocycles. The SMILES string of the molecule is CC(C)C(N)C1=CCCO1. The first-order valence-electron chi connectivity index (χ1n) is 3.80. The lowest BCUT2D eigenvalue weighted by Gasteiger charge is -2.16. The van der Waals surface area contributed by atoms with Crippen molar-refractivity contribution in [1.82, 2.24) is 0 Å². The zero-order chi connectivity index (χ0) is 7.56. The average Bonchev–Trinajstić information content (AvgIpc) is 2.36. The fraction of sp³-hybridized carbons (Fsp3) is 0.750. The Labute approximate surface area is 62.1 Å². The van der Waals surface area contributed by atoms with Gasteiger partial charge in [-0.15, -0.1) is 0 Å². The first-order valence-corrected chi connectivity index (χ1v) is 3.80. The zero-order valence-corrected chi connectivity index (χ0v) is 6.63. The van der Waals surface area contributed by atoms with Crippen molar-refractivity contribution in [2.24, 2.45) is 11.7 Å². The molecule has 1 unspecified atom stereocenters. The lowest BCUT2D eigenvalue weighted by molar-refractivity contribution is 0.213. The standard InChI is InChI=1S/C8H15NO/c1-6(2)8(9)7-4-3-5-10-7/h4,6,8H,3,5,9H2,1-2H3. The molecule has 0 aliphatic carbocycles. The van der Waals surface area contributed by atoms with Crippen LogP contribution in [0.15, 0.2) is 11.8 Å². The summed E-state index contributed by atoms with van der Waals surface area (Å²) >= 11 is 0. The molecule has 0 amide bonds. The number of ether oxygens (including phenoxy) is 1. The number of nitrogens with two attached hydrogens (primary N) is 1. The van der Waals surface area contributed by atoms with Gasteiger partial charge in [-0.2, -0.15) is 0 Å². The van der Waals surface area contributed by atoms with Crippen LogP contribution in [0.1, 0.15) is 20.3 Å². The van der Waals surface area contributed by atoms with Crippen LogP contribution in [0.25, 0.3) is 0 Å². The highest BCUT2D eigenvalue weighted by Gasteiger charge is 2.16. The van der Waals surface area contributed by atoms with E-state index in [1.165, 1.54) is 0 Å². The van der Waals surface area contributed by atoms with Gasteiger partial charge in [0.1, 0.15) is 5.76 Å². The predicted octanol–water partition coefficient (Wildman–Crippen LogP) is 1.27. The van der Waals surface area contributed by atoms with E-state index in [1.807, 2.05) is 0 Å². The van der Waals surface area contributed by atoms with Gasteiger partial charge in [-0.3, -0.25) is 0 Å². The third-order valence-electron chi connectivity index (χ3n) is 1.78. The van der Waals surface area contributed by atoms with Gasteiger partial charge in [-0.05, 0) is 12.0 Å². The van der Waals surface area contributed by atoms with Crippen molar-refractivity contribution in [2.45, 2.75) is 26.3 Å². The minimum Gasteiger partial charge on any atom is -0.496 e. The summed E-state index contributed by atoms with van der Waals surface area (Å²) in [6.45, 7) is 5.02. The number of hydrogen-bond donors (Lipinski definition) is 1. The summed E-state index contributed by atoms with van der Waals surface area (Å²) in [6.07, 6.45) is 3.11. The largest absolute Gasteiger partial charge is 0.496 e. The molecule has 2 nitrogen and oxygen atoms in total. The third-order valence-corrected chi connectivity index (χ3v) is 1.78. The summed E-state index contributed by atoms with van der Waals surface area (Å²) in [6, 6.07) is 0.0995. The molecule has 0 bridgehead atoms. The molecule has 1 rings (SSSR count). The minimum absolute atomic E-state index is 0.0995. The molecular weight excluding hydrogens is 126 g/mol. The van der Waals surface area contributed by atoms with E-state index in [0.717, 1.165) is 18.8 Å². The Morgan fingerprint density at radius 2 is 2.30 bits per heavy atom. The van der Waals surface area contributed by atoms with Gasteiger partial charge in [0.2, 0.25) is 0 Å². The van der Waals surface area contributed by atoms with Crippen LogP contribution in [-0.4, -0.2) is 12.6 Å². The second-order valence-corrected chi connectivity index (χ2v) is 3.01. The maximum Gasteiger partial charge on any atom is 0.109 e. The van der Waals surface area contributed by atoms with Crippen molar-refractivity contribution in [2.75, 3.05) is 6.61 Å². The van der Waals surface area contributed by atoms with Crippen molar-refractivity contribution in [3.05, 3.63) is 11.8 Å². The highest BCUT2D eigenvalue weighted by atomic mass is 16.5. The van der Waals surface area contributed by atoms with Crippen LogP contribution in [0.4, 0.5) is 0 Å². The van der Waals surface area contributed by atoms with E-state index in [1.54, 1.807) is 0 Å². The summed E-state index contributed by atoms with van der Waals surface area (Å²) in [5, 5.41) is 0. The van der Waals surface area contributed by atoms with Crippen LogP contribution in [0.2, 0.25) is 0 Å². The predicted molar refractivity (Wildman–Crippen MR) is 41.5 cm³/mol. The van der Waals surface area contributed by atoms with E-state index >= 15 is 0 Å². The van der Waals surface area contributed by atoms with Gasteiger partial charge in [0.15, 0.2) is 0 Å². The maximum absolute atomic E-state index is 5.83. The molecule has 0 fully saturated rings. The Hall–Kier alpha value is -0.500. The second kappa shape index (κ2) is 3.06. The van der Waals surface area contributed by atoms with E-state index in [2.05, 4.69) is 19.9 Å². The van der Waals surface area contributed by atoms with E-state index in [4.69, 9.17) is 10.5 Å². The fourth-order valence-corrected chi connectivity index (χ4v) is 0.998. The molecule has 2 N–H and O–H groups in total. The summed E-state index contributed by atoms with van der Waals surface area (Å²) < 4.78 is 5.31. The fourth-order valence-electron chi connectivity index (χ4n) is 0.998. The van der Waals surface area contributed by atoms with Crippen LogP contribution in [0.5, 0.6) is 0 Å². The molecular formula is C8H15NO. The van der Waals surface area contributed by atoms with Gasteiger partial charge in [0.05, 0.1) is 12.6 Å². The first kappa shape index (κ1) is 7.61. The van der Waals surface area contributed by atoms with Gasteiger partial charge in [0.25, 0.3) is 0 Å². The van der Waals surface area contributed by atoms with Crippen molar-refractivity contribution < 1.29 is 4.74 Å².